The smallest absolute Gasteiger partial charge is 0.251 e. The topological polar surface area (TPSA) is 87.2 Å². The van der Waals surface area contributed by atoms with Gasteiger partial charge in [-0.1, -0.05) is 37.5 Å². The Kier molecular flexibility index (Phi) is 6.25. The van der Waals surface area contributed by atoms with E-state index in [1.54, 1.807) is 18.1 Å². The first-order valence-electron chi connectivity index (χ1n) is 12.0. The highest BCUT2D eigenvalue weighted by Crippen LogP contribution is 2.35. The minimum Gasteiger partial charge on any atom is -0.352 e. The summed E-state index contributed by atoms with van der Waals surface area (Å²) < 4.78 is 0. The molecule has 0 atom stereocenters. The first kappa shape index (κ1) is 22.1. The van der Waals surface area contributed by atoms with E-state index in [4.69, 9.17) is 4.98 Å². The number of hydrogen-bond acceptors (Lipinski definition) is 5. The van der Waals surface area contributed by atoms with Crippen LogP contribution in [-0.2, 0) is 11.2 Å². The van der Waals surface area contributed by atoms with Crippen LogP contribution in [0.15, 0.2) is 54.7 Å². The van der Waals surface area contributed by atoms with Crippen LogP contribution in [0.4, 0.5) is 17.3 Å². The molecule has 2 heterocycles. The molecule has 34 heavy (non-hydrogen) atoms. The molecule has 0 saturated heterocycles. The zero-order valence-corrected chi connectivity index (χ0v) is 19.4. The van der Waals surface area contributed by atoms with Crippen LogP contribution in [-0.4, -0.2) is 35.4 Å². The molecule has 3 aromatic rings. The van der Waals surface area contributed by atoms with Gasteiger partial charge in [0, 0.05) is 42.2 Å². The predicted octanol–water partition coefficient (Wildman–Crippen LogP) is 4.72. The van der Waals surface area contributed by atoms with Crippen molar-refractivity contribution in [3.05, 3.63) is 65.9 Å². The van der Waals surface area contributed by atoms with Crippen molar-refractivity contribution in [1.29, 1.82) is 0 Å². The SMILES string of the molecule is CN1C(=O)Cc2cnc(Nc3ccc(C(=O)NCC4CCCCC4)cc3)nc2-c2ccccc21. The van der Waals surface area contributed by atoms with Gasteiger partial charge in [-0.3, -0.25) is 9.59 Å². The summed E-state index contributed by atoms with van der Waals surface area (Å²) >= 11 is 0. The third kappa shape index (κ3) is 4.64. The van der Waals surface area contributed by atoms with Gasteiger partial charge in [0.1, 0.15) is 0 Å². The van der Waals surface area contributed by atoms with Gasteiger partial charge >= 0.3 is 0 Å². The molecule has 0 unspecified atom stereocenters. The van der Waals surface area contributed by atoms with Gasteiger partial charge in [0.15, 0.2) is 0 Å². The number of likely N-dealkylation sites (N-methyl/N-ethyl adjacent to an activating group) is 1. The first-order valence-corrected chi connectivity index (χ1v) is 12.0. The quantitative estimate of drug-likeness (QED) is 0.582. The zero-order chi connectivity index (χ0) is 23.5. The van der Waals surface area contributed by atoms with Gasteiger partial charge < -0.3 is 15.5 Å². The minimum absolute atomic E-state index is 0.00728. The summed E-state index contributed by atoms with van der Waals surface area (Å²) in [6.45, 7) is 0.751. The average Bonchev–Trinajstić information content (AvgIpc) is 2.98. The van der Waals surface area contributed by atoms with Crippen molar-refractivity contribution in [2.75, 3.05) is 23.8 Å². The number of rotatable bonds is 5. The molecule has 1 saturated carbocycles. The van der Waals surface area contributed by atoms with E-state index >= 15 is 0 Å². The maximum Gasteiger partial charge on any atom is 0.251 e. The molecule has 174 valence electrons. The van der Waals surface area contributed by atoms with E-state index in [1.165, 1.54) is 32.1 Å². The van der Waals surface area contributed by atoms with Crippen LogP contribution in [0.25, 0.3) is 11.3 Å². The molecule has 1 aromatic heterocycles. The molecular formula is C27H29N5O2. The summed E-state index contributed by atoms with van der Waals surface area (Å²) in [6, 6.07) is 15.1. The van der Waals surface area contributed by atoms with E-state index in [0.717, 1.165) is 34.7 Å². The van der Waals surface area contributed by atoms with Crippen molar-refractivity contribution in [3.8, 4) is 11.3 Å². The van der Waals surface area contributed by atoms with Gasteiger partial charge in [-0.05, 0) is 49.1 Å². The third-order valence-corrected chi connectivity index (χ3v) is 6.78. The van der Waals surface area contributed by atoms with Gasteiger partial charge in [0.25, 0.3) is 5.91 Å². The standard InChI is InChI=1S/C27H29N5O2/c1-32-23-10-6-5-9-22(23)25-20(15-24(32)33)17-29-27(31-25)30-21-13-11-19(12-14-21)26(34)28-16-18-7-3-2-4-8-18/h5-6,9-14,17-18H,2-4,7-8,15-16H2,1H3,(H,28,34)(H,29,30,31). The predicted molar refractivity (Wildman–Crippen MR) is 133 cm³/mol. The molecule has 2 N–H and O–H groups in total. The number of fused-ring (bicyclic) bond motifs is 3. The number of anilines is 3. The fraction of sp³-hybridized carbons (Fsp3) is 0.333. The van der Waals surface area contributed by atoms with Gasteiger partial charge in [-0.25, -0.2) is 9.97 Å². The van der Waals surface area contributed by atoms with Gasteiger partial charge in [0.2, 0.25) is 11.9 Å². The second-order valence-corrected chi connectivity index (χ2v) is 9.13. The number of para-hydroxylation sites is 1. The monoisotopic (exact) mass is 455 g/mol. The zero-order valence-electron chi connectivity index (χ0n) is 19.4. The maximum absolute atomic E-state index is 12.6. The Labute approximate surface area is 199 Å². The number of nitrogens with zero attached hydrogens (tertiary/aromatic N) is 3. The number of carbonyl (C=O) groups excluding carboxylic acids is 2. The Hall–Kier alpha value is -3.74. The van der Waals surface area contributed by atoms with Crippen molar-refractivity contribution in [2.24, 2.45) is 5.92 Å². The molecule has 1 fully saturated rings. The van der Waals surface area contributed by atoms with Crippen molar-refractivity contribution in [3.63, 3.8) is 0 Å². The van der Waals surface area contributed by atoms with E-state index in [0.29, 0.717) is 17.4 Å². The molecule has 7 nitrogen and oxygen atoms in total. The lowest BCUT2D eigenvalue weighted by Crippen LogP contribution is -2.30. The van der Waals surface area contributed by atoms with Crippen LogP contribution < -0.4 is 15.5 Å². The molecule has 2 aromatic carbocycles. The van der Waals surface area contributed by atoms with E-state index in [1.807, 2.05) is 48.5 Å². The molecule has 2 aliphatic rings. The maximum atomic E-state index is 12.6. The van der Waals surface area contributed by atoms with Crippen LogP contribution in [0.3, 0.4) is 0 Å². The number of amides is 2. The number of carbonyl (C=O) groups is 2. The lowest BCUT2D eigenvalue weighted by molar-refractivity contribution is -0.117. The molecule has 0 bridgehead atoms. The van der Waals surface area contributed by atoms with Crippen LogP contribution >= 0.6 is 0 Å². The first-order chi connectivity index (χ1) is 16.6. The van der Waals surface area contributed by atoms with Crippen LogP contribution in [0.1, 0.15) is 48.0 Å². The van der Waals surface area contributed by atoms with Crippen LogP contribution in [0, 0.1) is 5.92 Å². The Balaban J connectivity index is 1.30. The van der Waals surface area contributed by atoms with Crippen molar-refractivity contribution in [1.82, 2.24) is 15.3 Å². The lowest BCUT2D eigenvalue weighted by Gasteiger charge is -2.21. The summed E-state index contributed by atoms with van der Waals surface area (Å²) in [5, 5.41) is 6.30. The normalized spacial score (nSPS) is 15.8. The minimum atomic E-state index is -0.0381. The highest BCUT2D eigenvalue weighted by atomic mass is 16.2. The molecule has 7 heteroatoms. The Morgan fingerprint density at radius 2 is 1.82 bits per heavy atom. The molecule has 2 amide bonds. The molecule has 5 rings (SSSR count). The van der Waals surface area contributed by atoms with E-state index in [2.05, 4.69) is 15.6 Å². The lowest BCUT2D eigenvalue weighted by atomic mass is 9.89. The Morgan fingerprint density at radius 1 is 1.06 bits per heavy atom. The van der Waals surface area contributed by atoms with Gasteiger partial charge in [-0.2, -0.15) is 0 Å². The molecule has 1 aliphatic carbocycles. The van der Waals surface area contributed by atoms with E-state index in [-0.39, 0.29) is 18.2 Å². The van der Waals surface area contributed by atoms with Gasteiger partial charge in [-0.15, -0.1) is 0 Å². The third-order valence-electron chi connectivity index (χ3n) is 6.78. The number of hydrogen-bond donors (Lipinski definition) is 2. The Bertz CT molecular complexity index is 1200. The fourth-order valence-corrected chi connectivity index (χ4v) is 4.78. The van der Waals surface area contributed by atoms with E-state index in [9.17, 15) is 9.59 Å². The second-order valence-electron chi connectivity index (χ2n) is 9.13. The highest BCUT2D eigenvalue weighted by molar-refractivity contribution is 6.01. The fourth-order valence-electron chi connectivity index (χ4n) is 4.78. The molecule has 1 aliphatic heterocycles. The summed E-state index contributed by atoms with van der Waals surface area (Å²) in [5.41, 5.74) is 4.72. The average molecular weight is 456 g/mol. The van der Waals surface area contributed by atoms with E-state index < -0.39 is 0 Å². The molecule has 0 spiro atoms. The number of nitrogens with one attached hydrogen (secondary N) is 2. The van der Waals surface area contributed by atoms with Crippen molar-refractivity contribution < 1.29 is 9.59 Å². The number of benzene rings is 2. The summed E-state index contributed by atoms with van der Waals surface area (Å²) in [5.74, 6) is 1.01. The molecular weight excluding hydrogens is 426 g/mol. The molecule has 0 radical (unpaired) electrons. The number of aromatic nitrogens is 2. The summed E-state index contributed by atoms with van der Waals surface area (Å²) in [4.78, 5) is 35.9. The highest BCUT2D eigenvalue weighted by Gasteiger charge is 2.24. The summed E-state index contributed by atoms with van der Waals surface area (Å²) in [7, 11) is 1.78. The largest absolute Gasteiger partial charge is 0.352 e. The van der Waals surface area contributed by atoms with Crippen molar-refractivity contribution >= 4 is 29.1 Å². The van der Waals surface area contributed by atoms with Gasteiger partial charge in [0.05, 0.1) is 17.8 Å². The van der Waals surface area contributed by atoms with Crippen LogP contribution in [0.5, 0.6) is 0 Å². The van der Waals surface area contributed by atoms with Crippen molar-refractivity contribution in [2.45, 2.75) is 38.5 Å². The Morgan fingerprint density at radius 3 is 2.62 bits per heavy atom. The second kappa shape index (κ2) is 9.63. The summed E-state index contributed by atoms with van der Waals surface area (Å²) in [6.07, 6.45) is 8.23. The van der Waals surface area contributed by atoms with Crippen LogP contribution in [0.2, 0.25) is 0 Å².